The average molecular weight is 301 g/mol. The van der Waals surface area contributed by atoms with E-state index < -0.39 is 0 Å². The van der Waals surface area contributed by atoms with E-state index in [4.69, 9.17) is 4.74 Å². The van der Waals surface area contributed by atoms with Gasteiger partial charge in [-0.2, -0.15) is 5.10 Å². The summed E-state index contributed by atoms with van der Waals surface area (Å²) in [5.74, 6) is 0. The van der Waals surface area contributed by atoms with Crippen molar-refractivity contribution >= 4 is 15.9 Å². The van der Waals surface area contributed by atoms with Gasteiger partial charge in [0.05, 0.1) is 11.8 Å². The smallest absolute Gasteiger partial charge is 0.0631 e. The van der Waals surface area contributed by atoms with Gasteiger partial charge in [0.2, 0.25) is 0 Å². The lowest BCUT2D eigenvalue weighted by Gasteiger charge is -2.29. The predicted molar refractivity (Wildman–Crippen MR) is 72.6 cm³/mol. The fraction of sp³-hybridized carbons (Fsp3) is 0.769. The Morgan fingerprint density at radius 3 is 2.88 bits per heavy atom. The normalized spacial score (nSPS) is 29.1. The summed E-state index contributed by atoms with van der Waals surface area (Å²) in [4.78, 5) is 0. The van der Waals surface area contributed by atoms with Crippen LogP contribution in [0.2, 0.25) is 0 Å². The number of rotatable bonds is 4. The van der Waals surface area contributed by atoms with Crippen LogP contribution in [0.4, 0.5) is 0 Å². The molecular weight excluding hydrogens is 280 g/mol. The van der Waals surface area contributed by atoms with Gasteiger partial charge >= 0.3 is 0 Å². The minimum Gasteiger partial charge on any atom is -0.378 e. The highest BCUT2D eigenvalue weighted by Gasteiger charge is 2.41. The van der Waals surface area contributed by atoms with Crippen molar-refractivity contribution in [1.82, 2.24) is 9.78 Å². The van der Waals surface area contributed by atoms with Crippen molar-refractivity contribution < 1.29 is 4.74 Å². The minimum atomic E-state index is 0.218. The molecule has 17 heavy (non-hydrogen) atoms. The molecule has 0 saturated carbocycles. The Balaban J connectivity index is 2.13. The molecule has 2 heterocycles. The molecule has 4 heteroatoms. The molecule has 1 saturated heterocycles. The number of alkyl halides is 1. The van der Waals surface area contributed by atoms with E-state index in [2.05, 4.69) is 54.1 Å². The predicted octanol–water partition coefficient (Wildman–Crippen LogP) is 3.20. The van der Waals surface area contributed by atoms with E-state index in [0.29, 0.717) is 12.1 Å². The fourth-order valence-corrected chi connectivity index (χ4v) is 3.33. The summed E-state index contributed by atoms with van der Waals surface area (Å²) in [6.07, 6.45) is 4.50. The third kappa shape index (κ3) is 2.58. The monoisotopic (exact) mass is 300 g/mol. The Kier molecular flexibility index (Phi) is 3.93. The molecule has 0 N–H and O–H groups in total. The van der Waals surface area contributed by atoms with Crippen LogP contribution in [0.25, 0.3) is 0 Å². The number of hydrogen-bond acceptors (Lipinski definition) is 2. The summed E-state index contributed by atoms with van der Waals surface area (Å²) in [5.41, 5.74) is 1.39. The van der Waals surface area contributed by atoms with Crippen LogP contribution in [0.3, 0.4) is 0 Å². The van der Waals surface area contributed by atoms with Crippen LogP contribution in [-0.2, 0) is 11.2 Å². The molecule has 1 aromatic heterocycles. The Bertz CT molecular complexity index is 377. The molecular formula is C13H21BrN2O. The molecule has 0 radical (unpaired) electrons. The number of halogens is 1. The van der Waals surface area contributed by atoms with Crippen LogP contribution in [0.15, 0.2) is 12.3 Å². The van der Waals surface area contributed by atoms with Crippen molar-refractivity contribution in [2.75, 3.05) is 11.9 Å². The van der Waals surface area contributed by atoms with Gasteiger partial charge in [-0.05, 0) is 33.3 Å². The Labute approximate surface area is 112 Å². The first-order valence-electron chi connectivity index (χ1n) is 6.29. The van der Waals surface area contributed by atoms with Crippen LogP contribution in [0.5, 0.6) is 0 Å². The van der Waals surface area contributed by atoms with Gasteiger partial charge in [0.15, 0.2) is 0 Å². The molecule has 1 aliphatic rings. The number of aromatic nitrogens is 2. The standard InChI is InChI=1S/C13H21BrN2O/c1-10(2)16-6-4-12(15-16)8-13(9-14)5-7-17-11(13)3/h4,6,10-11H,5,7-9H2,1-3H3. The maximum atomic E-state index is 5.72. The van der Waals surface area contributed by atoms with Crippen molar-refractivity contribution in [2.24, 2.45) is 5.41 Å². The summed E-state index contributed by atoms with van der Waals surface area (Å²) >= 11 is 3.65. The maximum absolute atomic E-state index is 5.72. The van der Waals surface area contributed by atoms with Gasteiger partial charge in [-0.15, -0.1) is 0 Å². The SMILES string of the molecule is CC(C)n1ccc(CC2(CBr)CCOC2C)n1. The third-order valence-corrected chi connectivity index (χ3v) is 4.94. The van der Waals surface area contributed by atoms with E-state index in [1.807, 2.05) is 4.68 Å². The molecule has 1 fully saturated rings. The van der Waals surface area contributed by atoms with Gasteiger partial charge in [-0.25, -0.2) is 0 Å². The zero-order valence-electron chi connectivity index (χ0n) is 10.8. The van der Waals surface area contributed by atoms with E-state index >= 15 is 0 Å². The molecule has 1 aliphatic heterocycles. The largest absolute Gasteiger partial charge is 0.378 e. The fourth-order valence-electron chi connectivity index (χ4n) is 2.39. The zero-order valence-corrected chi connectivity index (χ0v) is 12.4. The van der Waals surface area contributed by atoms with Crippen LogP contribution in [0, 0.1) is 5.41 Å². The van der Waals surface area contributed by atoms with Gasteiger partial charge in [0.1, 0.15) is 0 Å². The molecule has 2 rings (SSSR count). The second-order valence-electron chi connectivity index (χ2n) is 5.32. The molecule has 0 bridgehead atoms. The molecule has 2 atom stereocenters. The van der Waals surface area contributed by atoms with Crippen LogP contribution >= 0.6 is 15.9 Å². The highest BCUT2D eigenvalue weighted by molar-refractivity contribution is 9.09. The third-order valence-electron chi connectivity index (χ3n) is 3.82. The summed E-state index contributed by atoms with van der Waals surface area (Å²) in [7, 11) is 0. The zero-order chi connectivity index (χ0) is 12.5. The molecule has 0 aromatic carbocycles. The van der Waals surface area contributed by atoms with Crippen LogP contribution in [0.1, 0.15) is 38.9 Å². The maximum Gasteiger partial charge on any atom is 0.0631 e. The van der Waals surface area contributed by atoms with E-state index in [9.17, 15) is 0 Å². The van der Waals surface area contributed by atoms with Gasteiger partial charge in [-0.3, -0.25) is 4.68 Å². The molecule has 1 aromatic rings. The topological polar surface area (TPSA) is 27.1 Å². The van der Waals surface area contributed by atoms with E-state index in [1.54, 1.807) is 0 Å². The van der Waals surface area contributed by atoms with Crippen molar-refractivity contribution in [3.05, 3.63) is 18.0 Å². The van der Waals surface area contributed by atoms with Crippen molar-refractivity contribution in [2.45, 2.75) is 45.8 Å². The van der Waals surface area contributed by atoms with Gasteiger partial charge in [0, 0.05) is 36.0 Å². The Hall–Kier alpha value is -0.350. The quantitative estimate of drug-likeness (QED) is 0.799. The Morgan fingerprint density at radius 1 is 1.65 bits per heavy atom. The average Bonchev–Trinajstić information content (AvgIpc) is 2.88. The van der Waals surface area contributed by atoms with Gasteiger partial charge in [-0.1, -0.05) is 15.9 Å². The summed E-state index contributed by atoms with van der Waals surface area (Å²) in [6.45, 7) is 7.35. The lowest BCUT2D eigenvalue weighted by molar-refractivity contribution is 0.0741. The number of nitrogens with zero attached hydrogens (tertiary/aromatic N) is 2. The van der Waals surface area contributed by atoms with Crippen molar-refractivity contribution in [3.63, 3.8) is 0 Å². The second kappa shape index (κ2) is 5.11. The highest BCUT2D eigenvalue weighted by atomic mass is 79.9. The van der Waals surface area contributed by atoms with Gasteiger partial charge in [0.25, 0.3) is 0 Å². The van der Waals surface area contributed by atoms with Crippen molar-refractivity contribution in [1.29, 1.82) is 0 Å². The first kappa shape index (κ1) is 13.1. The molecule has 2 unspecified atom stereocenters. The highest BCUT2D eigenvalue weighted by Crippen LogP contribution is 2.39. The van der Waals surface area contributed by atoms with E-state index in [-0.39, 0.29) is 5.41 Å². The summed E-state index contributed by atoms with van der Waals surface area (Å²) in [5, 5.41) is 5.62. The van der Waals surface area contributed by atoms with E-state index in [0.717, 1.165) is 24.8 Å². The van der Waals surface area contributed by atoms with Gasteiger partial charge < -0.3 is 4.74 Å². The number of hydrogen-bond donors (Lipinski definition) is 0. The summed E-state index contributed by atoms with van der Waals surface area (Å²) in [6, 6.07) is 2.57. The first-order chi connectivity index (χ1) is 8.07. The molecule has 0 spiro atoms. The van der Waals surface area contributed by atoms with E-state index in [1.165, 1.54) is 5.69 Å². The van der Waals surface area contributed by atoms with Crippen molar-refractivity contribution in [3.8, 4) is 0 Å². The van der Waals surface area contributed by atoms with Crippen LogP contribution in [-0.4, -0.2) is 27.8 Å². The molecule has 3 nitrogen and oxygen atoms in total. The minimum absolute atomic E-state index is 0.218. The lowest BCUT2D eigenvalue weighted by Crippen LogP contribution is -2.33. The summed E-state index contributed by atoms with van der Waals surface area (Å²) < 4.78 is 7.75. The molecule has 0 aliphatic carbocycles. The first-order valence-corrected chi connectivity index (χ1v) is 7.41. The lowest BCUT2D eigenvalue weighted by atomic mass is 9.79. The molecule has 96 valence electrons. The molecule has 0 amide bonds. The number of ether oxygens (including phenoxy) is 1. The Morgan fingerprint density at radius 2 is 2.41 bits per heavy atom. The van der Waals surface area contributed by atoms with Crippen LogP contribution < -0.4 is 0 Å². The second-order valence-corrected chi connectivity index (χ2v) is 5.88.